The van der Waals surface area contributed by atoms with E-state index in [9.17, 15) is 4.79 Å². The van der Waals surface area contributed by atoms with E-state index in [-0.39, 0.29) is 11.6 Å². The van der Waals surface area contributed by atoms with Gasteiger partial charge in [0.05, 0.1) is 12.6 Å². The lowest BCUT2D eigenvalue weighted by Gasteiger charge is -2.39. The van der Waals surface area contributed by atoms with E-state index in [1.807, 2.05) is 22.9 Å². The van der Waals surface area contributed by atoms with Crippen molar-refractivity contribution in [2.24, 2.45) is 0 Å². The molecule has 2 heterocycles. The largest absolute Gasteiger partial charge is 0.322 e. The fourth-order valence-electron chi connectivity index (χ4n) is 5.97. The fraction of sp³-hybridized carbons (Fsp3) is 0.467. The molecule has 5 rings (SSSR count). The number of aromatic amines is 1. The quantitative estimate of drug-likeness (QED) is 0.313. The molecule has 1 saturated carbocycles. The third kappa shape index (κ3) is 5.67. The van der Waals surface area contributed by atoms with Crippen molar-refractivity contribution in [1.29, 1.82) is 0 Å². The van der Waals surface area contributed by atoms with Crippen LogP contribution in [-0.4, -0.2) is 36.1 Å². The number of aryl methyl sites for hydroxylation is 2. The molecule has 4 aromatic rings. The van der Waals surface area contributed by atoms with E-state index in [1.165, 1.54) is 30.4 Å². The number of rotatable bonds is 9. The third-order valence-electron chi connectivity index (χ3n) is 7.78. The fourth-order valence-corrected chi connectivity index (χ4v) is 5.97. The molecule has 0 spiro atoms. The second kappa shape index (κ2) is 11.4. The second-order valence-corrected chi connectivity index (χ2v) is 10.6. The van der Waals surface area contributed by atoms with E-state index in [0.717, 1.165) is 53.5 Å². The second-order valence-electron chi connectivity index (χ2n) is 10.6. The first-order valence-electron chi connectivity index (χ1n) is 13.7. The van der Waals surface area contributed by atoms with Crippen LogP contribution in [0, 0.1) is 13.8 Å². The summed E-state index contributed by atoms with van der Waals surface area (Å²) in [6.45, 7) is 7.63. The molecule has 0 radical (unpaired) electrons. The summed E-state index contributed by atoms with van der Waals surface area (Å²) in [5.41, 5.74) is 5.24. The summed E-state index contributed by atoms with van der Waals surface area (Å²) in [6.07, 6.45) is 7.97. The van der Waals surface area contributed by atoms with Gasteiger partial charge in [-0.05, 0) is 72.4 Å². The first-order valence-corrected chi connectivity index (χ1v) is 13.7. The maximum absolute atomic E-state index is 13.3. The lowest BCUT2D eigenvalue weighted by molar-refractivity contribution is 0.0812. The van der Waals surface area contributed by atoms with Gasteiger partial charge < -0.3 is 4.98 Å². The molecule has 2 aromatic carbocycles. The van der Waals surface area contributed by atoms with E-state index < -0.39 is 0 Å². The number of H-pyrrole nitrogens is 1. The molecule has 1 aliphatic carbocycles. The number of fused-ring (bicyclic) bond motifs is 1. The van der Waals surface area contributed by atoms with Crippen molar-refractivity contribution in [2.75, 3.05) is 0 Å². The Kier molecular flexibility index (Phi) is 7.79. The highest BCUT2D eigenvalue weighted by Gasteiger charge is 2.32. The van der Waals surface area contributed by atoms with Gasteiger partial charge in [-0.25, -0.2) is 4.68 Å². The zero-order valence-corrected chi connectivity index (χ0v) is 22.3. The molecular weight excluding hydrogens is 460 g/mol. The van der Waals surface area contributed by atoms with E-state index in [1.54, 1.807) is 0 Å². The Bertz CT molecular complexity index is 1390. The Hall–Kier alpha value is -3.32. The topological polar surface area (TPSA) is 79.7 Å². The number of hydrogen-bond acceptors (Lipinski definition) is 5. The molecule has 0 amide bonds. The van der Waals surface area contributed by atoms with Gasteiger partial charge in [-0.1, -0.05) is 69.0 Å². The molecule has 1 aliphatic rings. The van der Waals surface area contributed by atoms with E-state index in [0.29, 0.717) is 19.1 Å². The van der Waals surface area contributed by atoms with Gasteiger partial charge in [0.25, 0.3) is 5.56 Å². The molecule has 0 aliphatic heterocycles. The van der Waals surface area contributed by atoms with E-state index >= 15 is 0 Å². The molecule has 1 fully saturated rings. The third-order valence-corrected chi connectivity index (χ3v) is 7.78. The maximum Gasteiger partial charge on any atom is 0.252 e. The monoisotopic (exact) mass is 498 g/mol. The number of hydrogen-bond donors (Lipinski definition) is 1. The van der Waals surface area contributed by atoms with Crippen molar-refractivity contribution >= 4 is 10.9 Å². The Morgan fingerprint density at radius 2 is 1.86 bits per heavy atom. The van der Waals surface area contributed by atoms with Crippen molar-refractivity contribution in [3.63, 3.8) is 0 Å². The number of nitrogens with one attached hydrogen (secondary N) is 1. The summed E-state index contributed by atoms with van der Waals surface area (Å²) >= 11 is 0. The van der Waals surface area contributed by atoms with Gasteiger partial charge in [-0.15, -0.1) is 5.10 Å². The molecule has 7 heteroatoms. The minimum absolute atomic E-state index is 0.00237. The average molecular weight is 499 g/mol. The Morgan fingerprint density at radius 1 is 1.08 bits per heavy atom. The smallest absolute Gasteiger partial charge is 0.252 e. The number of benzene rings is 2. The molecule has 0 saturated heterocycles. The van der Waals surface area contributed by atoms with Crippen LogP contribution >= 0.6 is 0 Å². The average Bonchev–Trinajstić information content (AvgIpc) is 3.35. The molecule has 37 heavy (non-hydrogen) atoms. The van der Waals surface area contributed by atoms with Crippen molar-refractivity contribution in [3.8, 4) is 0 Å². The zero-order chi connectivity index (χ0) is 25.8. The van der Waals surface area contributed by atoms with Crippen molar-refractivity contribution in [3.05, 3.63) is 87.0 Å². The molecule has 2 aromatic heterocycles. The number of aromatic nitrogens is 5. The lowest BCUT2D eigenvalue weighted by Crippen LogP contribution is -2.41. The van der Waals surface area contributed by atoms with Crippen LogP contribution in [0.4, 0.5) is 0 Å². The zero-order valence-electron chi connectivity index (χ0n) is 22.3. The van der Waals surface area contributed by atoms with Gasteiger partial charge in [-0.3, -0.25) is 9.69 Å². The SMILES string of the molecule is CCC[C@H](c1nnnn1Cc1ccccc1)N(Cc1cc2c(C)cc(C)cc2[nH]c1=O)C1CCCCC1. The molecule has 0 unspecified atom stereocenters. The highest BCUT2D eigenvalue weighted by Crippen LogP contribution is 2.34. The Balaban J connectivity index is 1.54. The molecule has 194 valence electrons. The van der Waals surface area contributed by atoms with Crippen LogP contribution in [0.3, 0.4) is 0 Å². The first-order chi connectivity index (χ1) is 18.0. The van der Waals surface area contributed by atoms with E-state index in [2.05, 4.69) is 76.5 Å². The molecule has 1 atom stereocenters. The minimum Gasteiger partial charge on any atom is -0.322 e. The Morgan fingerprint density at radius 3 is 2.62 bits per heavy atom. The van der Waals surface area contributed by atoms with Crippen molar-refractivity contribution in [1.82, 2.24) is 30.1 Å². The summed E-state index contributed by atoms with van der Waals surface area (Å²) in [7, 11) is 0. The molecular formula is C30H38N6O. The van der Waals surface area contributed by atoms with E-state index in [4.69, 9.17) is 0 Å². The van der Waals surface area contributed by atoms with Crippen LogP contribution in [0.15, 0.2) is 53.3 Å². The van der Waals surface area contributed by atoms with Gasteiger partial charge in [0, 0.05) is 29.1 Å². The number of pyridine rings is 1. The number of nitrogens with zero attached hydrogens (tertiary/aromatic N) is 5. The number of tetrazole rings is 1. The van der Waals surface area contributed by atoms with Crippen molar-refractivity contribution < 1.29 is 0 Å². The van der Waals surface area contributed by atoms with Gasteiger partial charge in [0.1, 0.15) is 0 Å². The predicted molar refractivity (Wildman–Crippen MR) is 147 cm³/mol. The summed E-state index contributed by atoms with van der Waals surface area (Å²) in [5.74, 6) is 0.889. The lowest BCUT2D eigenvalue weighted by atomic mass is 9.91. The van der Waals surface area contributed by atoms with Crippen LogP contribution in [0.2, 0.25) is 0 Å². The van der Waals surface area contributed by atoms with Gasteiger partial charge in [-0.2, -0.15) is 0 Å². The van der Waals surface area contributed by atoms with Crippen LogP contribution in [0.5, 0.6) is 0 Å². The summed E-state index contributed by atoms with van der Waals surface area (Å²) in [5, 5.41) is 14.2. The standard InChI is InChI=1S/C30H38N6O/c1-4-11-28(29-32-33-34-36(29)19-23-12-7-5-8-13-23)35(25-14-9-6-10-15-25)20-24-18-26-22(3)16-21(2)17-27(26)31-30(24)37/h5,7-8,12-13,16-18,25,28H,4,6,9-11,14-15,19-20H2,1-3H3,(H,31,37)/t28-/m1/s1. The highest BCUT2D eigenvalue weighted by atomic mass is 16.1. The van der Waals surface area contributed by atoms with Crippen LogP contribution < -0.4 is 5.56 Å². The van der Waals surface area contributed by atoms with Crippen LogP contribution in [0.25, 0.3) is 10.9 Å². The highest BCUT2D eigenvalue weighted by molar-refractivity contribution is 5.83. The Labute approximate surface area is 218 Å². The van der Waals surface area contributed by atoms with Gasteiger partial charge >= 0.3 is 0 Å². The predicted octanol–water partition coefficient (Wildman–Crippen LogP) is 5.86. The molecule has 0 bridgehead atoms. The van der Waals surface area contributed by atoms with Gasteiger partial charge in [0.15, 0.2) is 5.82 Å². The van der Waals surface area contributed by atoms with Crippen LogP contribution in [0.1, 0.15) is 86.0 Å². The normalized spacial score (nSPS) is 15.5. The first kappa shape index (κ1) is 25.3. The summed E-state index contributed by atoms with van der Waals surface area (Å²) in [4.78, 5) is 19.0. The van der Waals surface area contributed by atoms with Crippen molar-refractivity contribution in [2.45, 2.75) is 90.9 Å². The minimum atomic E-state index is -0.00237. The summed E-state index contributed by atoms with van der Waals surface area (Å²) in [6, 6.07) is 17.1. The van der Waals surface area contributed by atoms with Gasteiger partial charge in [0.2, 0.25) is 0 Å². The summed E-state index contributed by atoms with van der Waals surface area (Å²) < 4.78 is 1.95. The maximum atomic E-state index is 13.3. The molecule has 7 nitrogen and oxygen atoms in total. The molecule has 1 N–H and O–H groups in total. The van der Waals surface area contributed by atoms with Crippen LogP contribution in [-0.2, 0) is 13.1 Å².